The Morgan fingerprint density at radius 1 is 1.56 bits per heavy atom. The van der Waals surface area contributed by atoms with E-state index in [2.05, 4.69) is 15.1 Å². The minimum absolute atomic E-state index is 0.667. The molecule has 4 nitrogen and oxygen atoms in total. The number of hydrazone groups is 1. The van der Waals surface area contributed by atoms with Crippen LogP contribution in [0.4, 0.5) is 0 Å². The van der Waals surface area contributed by atoms with E-state index >= 15 is 0 Å². The summed E-state index contributed by atoms with van der Waals surface area (Å²) in [5.41, 5.74) is 0.667. The third-order valence-electron chi connectivity index (χ3n) is 0.790. The molecule has 46 valence electrons. The van der Waals surface area contributed by atoms with Crippen molar-refractivity contribution in [1.82, 2.24) is 9.97 Å². The maximum atomic E-state index is 4.86. The van der Waals surface area contributed by atoms with Crippen molar-refractivity contribution in [2.75, 3.05) is 0 Å². The van der Waals surface area contributed by atoms with E-state index in [4.69, 9.17) is 5.84 Å². The number of hydrogen-bond acceptors (Lipinski definition) is 4. The van der Waals surface area contributed by atoms with Gasteiger partial charge in [-0.1, -0.05) is 0 Å². The van der Waals surface area contributed by atoms with Gasteiger partial charge in [0.15, 0.2) is 0 Å². The van der Waals surface area contributed by atoms with Crippen LogP contribution in [0.15, 0.2) is 23.7 Å². The summed E-state index contributed by atoms with van der Waals surface area (Å²) in [6.45, 7) is 0. The van der Waals surface area contributed by atoms with Crippen molar-refractivity contribution in [1.29, 1.82) is 0 Å². The van der Waals surface area contributed by atoms with Crippen molar-refractivity contribution in [2.24, 2.45) is 10.9 Å². The molecule has 1 rings (SSSR count). The van der Waals surface area contributed by atoms with Gasteiger partial charge in [0, 0.05) is 12.4 Å². The second kappa shape index (κ2) is 2.76. The number of hydrogen-bond donors (Lipinski definition) is 1. The first-order valence-electron chi connectivity index (χ1n) is 2.43. The Labute approximate surface area is 52.4 Å². The first-order valence-corrected chi connectivity index (χ1v) is 2.43. The molecule has 0 aromatic carbocycles. The van der Waals surface area contributed by atoms with Crippen molar-refractivity contribution in [3.8, 4) is 0 Å². The maximum absolute atomic E-state index is 4.86. The van der Waals surface area contributed by atoms with Crippen LogP contribution < -0.4 is 5.84 Å². The fourth-order valence-corrected chi connectivity index (χ4v) is 0.454. The third kappa shape index (κ3) is 1.49. The minimum atomic E-state index is 0.667. The molecule has 1 heterocycles. The Morgan fingerprint density at radius 3 is 3.00 bits per heavy atom. The van der Waals surface area contributed by atoms with Crippen LogP contribution in [-0.2, 0) is 0 Å². The van der Waals surface area contributed by atoms with Gasteiger partial charge in [0.25, 0.3) is 0 Å². The molecule has 0 aliphatic heterocycles. The first-order chi connectivity index (χ1) is 4.43. The zero-order valence-corrected chi connectivity index (χ0v) is 4.73. The zero-order valence-electron chi connectivity index (χ0n) is 4.73. The zero-order chi connectivity index (χ0) is 6.53. The maximum Gasteiger partial charge on any atom is 0.101 e. The Hall–Kier alpha value is -1.45. The molecule has 0 amide bonds. The second-order valence-electron chi connectivity index (χ2n) is 1.41. The average Bonchev–Trinajstić information content (AvgIpc) is 1.91. The molecule has 9 heavy (non-hydrogen) atoms. The monoisotopic (exact) mass is 122 g/mol. The lowest BCUT2D eigenvalue weighted by Gasteiger charge is -1.84. The van der Waals surface area contributed by atoms with Crippen LogP contribution in [0.3, 0.4) is 0 Å². The van der Waals surface area contributed by atoms with Gasteiger partial charge in [-0.25, -0.2) is 0 Å². The number of rotatable bonds is 1. The Balaban J connectivity index is 2.85. The standard InChI is InChI=1S/C5H6N4/c6-9-4-5-3-7-1-2-8-5/h1-4H,6H2/b9-4+. The quantitative estimate of drug-likeness (QED) is 0.318. The predicted molar refractivity (Wildman–Crippen MR) is 33.8 cm³/mol. The highest BCUT2D eigenvalue weighted by Gasteiger charge is 1.82. The fourth-order valence-electron chi connectivity index (χ4n) is 0.454. The molecule has 0 radical (unpaired) electrons. The Kier molecular flexibility index (Phi) is 1.74. The fraction of sp³-hybridized carbons (Fsp3) is 0. The largest absolute Gasteiger partial charge is 0.323 e. The van der Waals surface area contributed by atoms with Crippen LogP contribution in [0.5, 0.6) is 0 Å². The summed E-state index contributed by atoms with van der Waals surface area (Å²) < 4.78 is 0. The van der Waals surface area contributed by atoms with Crippen LogP contribution in [0.2, 0.25) is 0 Å². The van der Waals surface area contributed by atoms with Gasteiger partial charge in [-0.15, -0.1) is 0 Å². The van der Waals surface area contributed by atoms with E-state index in [1.54, 1.807) is 18.6 Å². The van der Waals surface area contributed by atoms with E-state index < -0.39 is 0 Å². The van der Waals surface area contributed by atoms with Crippen molar-refractivity contribution in [3.63, 3.8) is 0 Å². The normalized spacial score (nSPS) is 10.2. The smallest absolute Gasteiger partial charge is 0.101 e. The van der Waals surface area contributed by atoms with Gasteiger partial charge in [0.2, 0.25) is 0 Å². The SMILES string of the molecule is N/N=C/c1cnccn1. The summed E-state index contributed by atoms with van der Waals surface area (Å²) in [5.74, 6) is 4.86. The molecule has 4 heteroatoms. The van der Waals surface area contributed by atoms with Crippen LogP contribution in [0.1, 0.15) is 5.69 Å². The lowest BCUT2D eigenvalue weighted by molar-refractivity contribution is 1.17. The van der Waals surface area contributed by atoms with E-state index in [9.17, 15) is 0 Å². The van der Waals surface area contributed by atoms with Crippen LogP contribution >= 0.6 is 0 Å². The summed E-state index contributed by atoms with van der Waals surface area (Å²) in [5, 5.41) is 3.28. The van der Waals surface area contributed by atoms with Gasteiger partial charge in [-0.3, -0.25) is 9.97 Å². The molecule has 1 aromatic heterocycles. The summed E-state index contributed by atoms with van der Waals surface area (Å²) in [6.07, 6.45) is 6.19. The van der Waals surface area contributed by atoms with Crippen molar-refractivity contribution in [3.05, 3.63) is 24.3 Å². The summed E-state index contributed by atoms with van der Waals surface area (Å²) in [4.78, 5) is 7.67. The highest BCUT2D eigenvalue weighted by molar-refractivity contribution is 5.75. The van der Waals surface area contributed by atoms with E-state index in [1.807, 2.05) is 0 Å². The van der Waals surface area contributed by atoms with E-state index in [-0.39, 0.29) is 0 Å². The Bertz CT molecular complexity index is 193. The molecule has 0 fully saturated rings. The lowest BCUT2D eigenvalue weighted by Crippen LogP contribution is -1.89. The molecule has 0 saturated heterocycles. The molecule has 0 saturated carbocycles. The molecule has 0 unspecified atom stereocenters. The van der Waals surface area contributed by atoms with Gasteiger partial charge >= 0.3 is 0 Å². The van der Waals surface area contributed by atoms with Gasteiger partial charge in [0.1, 0.15) is 5.69 Å². The molecule has 0 aliphatic rings. The molecule has 0 atom stereocenters. The molecular weight excluding hydrogens is 116 g/mol. The highest BCUT2D eigenvalue weighted by Crippen LogP contribution is 1.81. The lowest BCUT2D eigenvalue weighted by atomic mass is 10.5. The summed E-state index contributed by atoms with van der Waals surface area (Å²) >= 11 is 0. The molecule has 2 N–H and O–H groups in total. The highest BCUT2D eigenvalue weighted by atomic mass is 15.1. The predicted octanol–water partition coefficient (Wildman–Crippen LogP) is -0.231. The number of nitrogens with zero attached hydrogens (tertiary/aromatic N) is 3. The molecule has 1 aromatic rings. The van der Waals surface area contributed by atoms with Gasteiger partial charge in [-0.2, -0.15) is 5.10 Å². The molecule has 0 bridgehead atoms. The topological polar surface area (TPSA) is 64.2 Å². The minimum Gasteiger partial charge on any atom is -0.323 e. The third-order valence-corrected chi connectivity index (χ3v) is 0.790. The van der Waals surface area contributed by atoms with Crippen LogP contribution in [0, 0.1) is 0 Å². The van der Waals surface area contributed by atoms with E-state index in [0.29, 0.717) is 5.69 Å². The van der Waals surface area contributed by atoms with Crippen molar-refractivity contribution in [2.45, 2.75) is 0 Å². The van der Waals surface area contributed by atoms with Crippen molar-refractivity contribution < 1.29 is 0 Å². The van der Waals surface area contributed by atoms with Crippen LogP contribution in [-0.4, -0.2) is 16.2 Å². The molecule has 0 spiro atoms. The van der Waals surface area contributed by atoms with E-state index in [1.165, 1.54) is 6.21 Å². The van der Waals surface area contributed by atoms with Gasteiger partial charge < -0.3 is 5.84 Å². The molecular formula is C5H6N4. The average molecular weight is 122 g/mol. The van der Waals surface area contributed by atoms with Gasteiger partial charge in [0.05, 0.1) is 12.4 Å². The van der Waals surface area contributed by atoms with Crippen LogP contribution in [0.25, 0.3) is 0 Å². The second-order valence-corrected chi connectivity index (χ2v) is 1.41. The number of aromatic nitrogens is 2. The van der Waals surface area contributed by atoms with E-state index in [0.717, 1.165) is 0 Å². The van der Waals surface area contributed by atoms with Crippen molar-refractivity contribution >= 4 is 6.21 Å². The summed E-state index contributed by atoms with van der Waals surface area (Å²) in [7, 11) is 0. The summed E-state index contributed by atoms with van der Waals surface area (Å²) in [6, 6.07) is 0. The number of nitrogens with two attached hydrogens (primary N) is 1. The molecule has 0 aliphatic carbocycles. The van der Waals surface area contributed by atoms with Gasteiger partial charge in [-0.05, 0) is 0 Å². The first kappa shape index (κ1) is 5.68. The Morgan fingerprint density at radius 2 is 2.44 bits per heavy atom.